The van der Waals surface area contributed by atoms with Gasteiger partial charge < -0.3 is 25.4 Å². The number of amides is 1. The van der Waals surface area contributed by atoms with Gasteiger partial charge >= 0.3 is 0 Å². The van der Waals surface area contributed by atoms with E-state index in [4.69, 9.17) is 9.47 Å². The molecule has 2 aromatic rings. The van der Waals surface area contributed by atoms with E-state index in [-0.39, 0.29) is 29.9 Å². The molecule has 0 saturated heterocycles. The fourth-order valence-electron chi connectivity index (χ4n) is 2.95. The number of rotatable bonds is 11. The summed E-state index contributed by atoms with van der Waals surface area (Å²) in [5.41, 5.74) is 3.94. The third-order valence-electron chi connectivity index (χ3n) is 4.66. The maximum absolute atomic E-state index is 11.9. The minimum Gasteiger partial charge on any atom is -0.493 e. The van der Waals surface area contributed by atoms with E-state index in [1.807, 2.05) is 31.2 Å². The number of nitrogens with one attached hydrogen (secondary N) is 3. The molecule has 2 aromatic carbocycles. The van der Waals surface area contributed by atoms with Gasteiger partial charge in [-0.15, -0.1) is 24.0 Å². The van der Waals surface area contributed by atoms with Crippen molar-refractivity contribution in [2.45, 2.75) is 33.4 Å². The van der Waals surface area contributed by atoms with Crippen LogP contribution >= 0.6 is 24.0 Å². The number of ether oxygens (including phenoxy) is 2. The Morgan fingerprint density at radius 1 is 1.00 bits per heavy atom. The quantitative estimate of drug-likeness (QED) is 0.171. The molecular weight excluding hydrogens is 519 g/mol. The number of methoxy groups -OCH3 is 1. The minimum absolute atomic E-state index is 0. The molecule has 0 aliphatic carbocycles. The fourth-order valence-corrected chi connectivity index (χ4v) is 2.95. The van der Waals surface area contributed by atoms with Crippen LogP contribution < -0.4 is 20.7 Å². The first-order valence-electron chi connectivity index (χ1n) is 10.6. The maximum atomic E-state index is 11.9. The van der Waals surface area contributed by atoms with Crippen molar-refractivity contribution in [2.75, 3.05) is 33.9 Å². The van der Waals surface area contributed by atoms with E-state index in [2.05, 4.69) is 46.1 Å². The second-order valence-electron chi connectivity index (χ2n) is 7.14. The zero-order chi connectivity index (χ0) is 22.5. The SMILES string of the molecule is CCNC(=O)c1ccc(CNC(=NC)NCc2ccc(C)cc2OCCCOC)cc1.I. The number of carbonyl (C=O) groups is 1. The van der Waals surface area contributed by atoms with Crippen molar-refractivity contribution < 1.29 is 14.3 Å². The Morgan fingerprint density at radius 2 is 1.72 bits per heavy atom. The predicted molar refractivity (Wildman–Crippen MR) is 140 cm³/mol. The van der Waals surface area contributed by atoms with Gasteiger partial charge in [0.2, 0.25) is 0 Å². The largest absolute Gasteiger partial charge is 0.493 e. The van der Waals surface area contributed by atoms with Crippen molar-refractivity contribution in [2.24, 2.45) is 4.99 Å². The van der Waals surface area contributed by atoms with Crippen LogP contribution in [0.25, 0.3) is 0 Å². The number of guanidine groups is 1. The molecule has 176 valence electrons. The van der Waals surface area contributed by atoms with Crippen molar-refractivity contribution in [3.05, 3.63) is 64.7 Å². The zero-order valence-corrected chi connectivity index (χ0v) is 21.7. The molecule has 0 aliphatic heterocycles. The van der Waals surface area contributed by atoms with Crippen molar-refractivity contribution in [3.63, 3.8) is 0 Å². The molecule has 0 bridgehead atoms. The average molecular weight is 554 g/mol. The third kappa shape index (κ3) is 9.44. The van der Waals surface area contributed by atoms with Gasteiger partial charge in [-0.2, -0.15) is 0 Å². The first-order chi connectivity index (χ1) is 15.1. The number of aryl methyl sites for hydroxylation is 1. The summed E-state index contributed by atoms with van der Waals surface area (Å²) in [5.74, 6) is 1.51. The van der Waals surface area contributed by atoms with Crippen molar-refractivity contribution in [3.8, 4) is 5.75 Å². The summed E-state index contributed by atoms with van der Waals surface area (Å²) in [7, 11) is 3.43. The Labute approximate surface area is 208 Å². The number of nitrogens with zero attached hydrogens (tertiary/aromatic N) is 1. The molecule has 7 nitrogen and oxygen atoms in total. The Balaban J connectivity index is 0.00000512. The first kappa shape index (κ1) is 27.7. The third-order valence-corrected chi connectivity index (χ3v) is 4.66. The molecule has 0 radical (unpaired) electrons. The summed E-state index contributed by atoms with van der Waals surface area (Å²) in [6, 6.07) is 13.7. The molecule has 32 heavy (non-hydrogen) atoms. The van der Waals surface area contributed by atoms with E-state index in [9.17, 15) is 4.79 Å². The number of aliphatic imine (C=N–C) groups is 1. The molecule has 0 aliphatic rings. The highest BCUT2D eigenvalue weighted by atomic mass is 127. The number of halogens is 1. The van der Waals surface area contributed by atoms with E-state index in [0.29, 0.717) is 44.4 Å². The van der Waals surface area contributed by atoms with Crippen molar-refractivity contribution >= 4 is 35.8 Å². The minimum atomic E-state index is -0.0576. The fraction of sp³-hybridized carbons (Fsp3) is 0.417. The van der Waals surface area contributed by atoms with Crippen LogP contribution in [0.4, 0.5) is 0 Å². The molecule has 1 amide bonds. The lowest BCUT2D eigenvalue weighted by Gasteiger charge is -2.15. The number of benzene rings is 2. The van der Waals surface area contributed by atoms with Crippen LogP contribution in [0.5, 0.6) is 5.75 Å². The molecule has 0 saturated carbocycles. The van der Waals surface area contributed by atoms with Crippen LogP contribution in [0.3, 0.4) is 0 Å². The van der Waals surface area contributed by atoms with Crippen LogP contribution in [0.2, 0.25) is 0 Å². The standard InChI is InChI=1S/C24H34N4O3.HI/c1-5-26-23(29)20-11-8-19(9-12-20)16-27-24(25-3)28-17-21-10-7-18(2)15-22(21)31-14-6-13-30-4;/h7-12,15H,5-6,13-14,16-17H2,1-4H3,(H,26,29)(H2,25,27,28);1H. The van der Waals surface area contributed by atoms with Crippen molar-refractivity contribution in [1.29, 1.82) is 0 Å². The van der Waals surface area contributed by atoms with Crippen molar-refractivity contribution in [1.82, 2.24) is 16.0 Å². The highest BCUT2D eigenvalue weighted by Crippen LogP contribution is 2.20. The lowest BCUT2D eigenvalue weighted by molar-refractivity contribution is 0.0956. The van der Waals surface area contributed by atoms with E-state index in [0.717, 1.165) is 28.9 Å². The molecule has 0 atom stereocenters. The van der Waals surface area contributed by atoms with Gasteiger partial charge in [-0.05, 0) is 43.2 Å². The van der Waals surface area contributed by atoms with Crippen LogP contribution in [-0.2, 0) is 17.8 Å². The molecular formula is C24H35IN4O3. The number of hydrogen-bond donors (Lipinski definition) is 3. The van der Waals surface area contributed by atoms with Gasteiger partial charge in [-0.25, -0.2) is 0 Å². The van der Waals surface area contributed by atoms with Gasteiger partial charge in [0.05, 0.1) is 6.61 Å². The maximum Gasteiger partial charge on any atom is 0.251 e. The summed E-state index contributed by atoms with van der Waals surface area (Å²) in [5, 5.41) is 9.44. The number of carbonyl (C=O) groups excluding carboxylic acids is 1. The highest BCUT2D eigenvalue weighted by molar-refractivity contribution is 14.0. The summed E-state index contributed by atoms with van der Waals surface area (Å²) in [6.07, 6.45) is 0.847. The molecule has 2 rings (SSSR count). The van der Waals surface area contributed by atoms with Crippen LogP contribution in [0, 0.1) is 6.92 Å². The zero-order valence-electron chi connectivity index (χ0n) is 19.4. The Bertz CT molecular complexity index is 857. The molecule has 0 aromatic heterocycles. The second-order valence-corrected chi connectivity index (χ2v) is 7.14. The van der Waals surface area contributed by atoms with Crippen LogP contribution in [0.1, 0.15) is 40.4 Å². The molecule has 0 unspecified atom stereocenters. The summed E-state index contributed by atoms with van der Waals surface area (Å²) in [6.45, 7) is 7.06. The van der Waals surface area contributed by atoms with E-state index in [1.54, 1.807) is 14.2 Å². The summed E-state index contributed by atoms with van der Waals surface area (Å²) >= 11 is 0. The Hall–Kier alpha value is -2.33. The molecule has 8 heteroatoms. The average Bonchev–Trinajstić information content (AvgIpc) is 2.78. The normalized spacial score (nSPS) is 10.8. The van der Waals surface area contributed by atoms with Gasteiger partial charge in [0.25, 0.3) is 5.91 Å². The molecule has 0 heterocycles. The van der Waals surface area contributed by atoms with Gasteiger partial charge in [0.1, 0.15) is 5.75 Å². The van der Waals surface area contributed by atoms with Gasteiger partial charge in [-0.1, -0.05) is 24.3 Å². The molecule has 0 spiro atoms. The van der Waals surface area contributed by atoms with Gasteiger partial charge in [-0.3, -0.25) is 9.79 Å². The smallest absolute Gasteiger partial charge is 0.251 e. The molecule has 3 N–H and O–H groups in total. The Morgan fingerprint density at radius 3 is 2.38 bits per heavy atom. The lowest BCUT2D eigenvalue weighted by atomic mass is 10.1. The topological polar surface area (TPSA) is 84.0 Å². The van der Waals surface area contributed by atoms with Gasteiger partial charge in [0.15, 0.2) is 5.96 Å². The molecule has 0 fully saturated rings. The number of hydrogen-bond acceptors (Lipinski definition) is 4. The van der Waals surface area contributed by atoms with Crippen LogP contribution in [-0.4, -0.2) is 45.8 Å². The summed E-state index contributed by atoms with van der Waals surface area (Å²) < 4.78 is 11.0. The van der Waals surface area contributed by atoms with E-state index < -0.39 is 0 Å². The van der Waals surface area contributed by atoms with Gasteiger partial charge in [0, 0.05) is 57.9 Å². The summed E-state index contributed by atoms with van der Waals surface area (Å²) in [4.78, 5) is 16.2. The lowest BCUT2D eigenvalue weighted by Crippen LogP contribution is -2.36. The monoisotopic (exact) mass is 554 g/mol. The van der Waals surface area contributed by atoms with E-state index in [1.165, 1.54) is 0 Å². The predicted octanol–water partition coefficient (Wildman–Crippen LogP) is 3.64. The van der Waals surface area contributed by atoms with E-state index >= 15 is 0 Å². The van der Waals surface area contributed by atoms with Crippen LogP contribution in [0.15, 0.2) is 47.5 Å². The highest BCUT2D eigenvalue weighted by Gasteiger charge is 2.07. The second kappa shape index (κ2) is 15.5. The Kier molecular flexibility index (Phi) is 13.4. The first-order valence-corrected chi connectivity index (χ1v) is 10.6.